The maximum absolute atomic E-state index is 9.20. The summed E-state index contributed by atoms with van der Waals surface area (Å²) in [6, 6.07) is 0. The van der Waals surface area contributed by atoms with E-state index in [0.29, 0.717) is 0 Å². The molecule has 1 fully saturated rings. The number of aliphatic hydroxyl groups is 1. The van der Waals surface area contributed by atoms with Crippen LogP contribution in [0.2, 0.25) is 0 Å². The molecule has 0 saturated carbocycles. The Morgan fingerprint density at radius 1 is 1.23 bits per heavy atom. The van der Waals surface area contributed by atoms with E-state index in [1.807, 2.05) is 6.92 Å². The minimum absolute atomic E-state index is 0.207. The molecule has 0 aromatic heterocycles. The molecular formula is C9H21N3O. The zero-order chi connectivity index (χ0) is 9.68. The van der Waals surface area contributed by atoms with Crippen molar-refractivity contribution in [2.75, 3.05) is 45.8 Å². The number of aliphatic hydroxyl groups excluding tert-OH is 1. The van der Waals surface area contributed by atoms with Crippen molar-refractivity contribution < 1.29 is 5.11 Å². The standard InChI is InChI=1S/C9H21N3O/c1-9(13)8-12-6-4-11(3-2-10)5-7-12/h9,13H,2-8,10H2,1H3. The largest absolute Gasteiger partial charge is 0.392 e. The molecule has 13 heavy (non-hydrogen) atoms. The van der Waals surface area contributed by atoms with Crippen LogP contribution in [0.4, 0.5) is 0 Å². The molecule has 1 aliphatic heterocycles. The van der Waals surface area contributed by atoms with Gasteiger partial charge < -0.3 is 10.8 Å². The summed E-state index contributed by atoms with van der Waals surface area (Å²) in [4.78, 5) is 4.68. The normalized spacial score (nSPS) is 23.3. The van der Waals surface area contributed by atoms with Gasteiger partial charge in [0, 0.05) is 45.8 Å². The summed E-state index contributed by atoms with van der Waals surface area (Å²) in [6.45, 7) is 8.69. The molecule has 3 N–H and O–H groups in total. The number of piperazine rings is 1. The maximum Gasteiger partial charge on any atom is 0.0639 e. The third-order valence-corrected chi connectivity index (χ3v) is 2.43. The predicted molar refractivity (Wildman–Crippen MR) is 53.6 cm³/mol. The van der Waals surface area contributed by atoms with Crippen molar-refractivity contribution in [3.8, 4) is 0 Å². The van der Waals surface area contributed by atoms with Crippen LogP contribution in [0.1, 0.15) is 6.92 Å². The van der Waals surface area contributed by atoms with Gasteiger partial charge in [0.25, 0.3) is 0 Å². The van der Waals surface area contributed by atoms with Crippen molar-refractivity contribution in [2.45, 2.75) is 13.0 Å². The Hall–Kier alpha value is -0.160. The van der Waals surface area contributed by atoms with Crippen LogP contribution in [-0.4, -0.2) is 66.8 Å². The van der Waals surface area contributed by atoms with Gasteiger partial charge in [-0.15, -0.1) is 0 Å². The number of rotatable bonds is 4. The van der Waals surface area contributed by atoms with Gasteiger partial charge in [0.1, 0.15) is 0 Å². The summed E-state index contributed by atoms with van der Waals surface area (Å²) in [5.41, 5.74) is 5.48. The third kappa shape index (κ3) is 4.04. The fourth-order valence-corrected chi connectivity index (χ4v) is 1.75. The first-order chi connectivity index (χ1) is 6.22. The van der Waals surface area contributed by atoms with E-state index in [4.69, 9.17) is 5.73 Å². The molecule has 0 aromatic carbocycles. The third-order valence-electron chi connectivity index (χ3n) is 2.43. The van der Waals surface area contributed by atoms with Crippen LogP contribution in [-0.2, 0) is 0 Å². The first-order valence-electron chi connectivity index (χ1n) is 5.05. The summed E-state index contributed by atoms with van der Waals surface area (Å²) in [7, 11) is 0. The van der Waals surface area contributed by atoms with Gasteiger partial charge in [-0.25, -0.2) is 0 Å². The van der Waals surface area contributed by atoms with Crippen molar-refractivity contribution in [3.05, 3.63) is 0 Å². The van der Waals surface area contributed by atoms with Crippen LogP contribution >= 0.6 is 0 Å². The molecule has 1 rings (SSSR count). The Morgan fingerprint density at radius 3 is 2.23 bits per heavy atom. The van der Waals surface area contributed by atoms with E-state index >= 15 is 0 Å². The summed E-state index contributed by atoms with van der Waals surface area (Å²) in [5.74, 6) is 0. The predicted octanol–water partition coefficient (Wildman–Crippen LogP) is -1.06. The van der Waals surface area contributed by atoms with Gasteiger partial charge in [-0.2, -0.15) is 0 Å². The van der Waals surface area contributed by atoms with Gasteiger partial charge in [-0.05, 0) is 6.92 Å². The lowest BCUT2D eigenvalue weighted by Gasteiger charge is -2.34. The summed E-state index contributed by atoms with van der Waals surface area (Å²) in [5, 5.41) is 9.20. The van der Waals surface area contributed by atoms with Crippen molar-refractivity contribution in [3.63, 3.8) is 0 Å². The maximum atomic E-state index is 9.20. The molecule has 0 bridgehead atoms. The van der Waals surface area contributed by atoms with Crippen molar-refractivity contribution in [1.82, 2.24) is 9.80 Å². The Labute approximate surface area is 80.3 Å². The van der Waals surface area contributed by atoms with Crippen LogP contribution in [0.25, 0.3) is 0 Å². The number of nitrogens with two attached hydrogens (primary N) is 1. The SMILES string of the molecule is CC(O)CN1CCN(CCN)CC1. The van der Waals surface area contributed by atoms with Crippen LogP contribution in [0.5, 0.6) is 0 Å². The van der Waals surface area contributed by atoms with Gasteiger partial charge in [0.05, 0.1) is 6.10 Å². The van der Waals surface area contributed by atoms with E-state index < -0.39 is 0 Å². The van der Waals surface area contributed by atoms with Crippen LogP contribution in [0, 0.1) is 0 Å². The highest BCUT2D eigenvalue weighted by Crippen LogP contribution is 2.01. The molecule has 1 saturated heterocycles. The molecular weight excluding hydrogens is 166 g/mol. The lowest BCUT2D eigenvalue weighted by molar-refractivity contribution is 0.0820. The first kappa shape index (κ1) is 10.9. The van der Waals surface area contributed by atoms with E-state index in [9.17, 15) is 5.11 Å². The number of β-amino-alcohol motifs (C(OH)–C–C–N with tert-alkyl or cyclic N) is 1. The van der Waals surface area contributed by atoms with Gasteiger partial charge in [-0.3, -0.25) is 9.80 Å². The molecule has 4 nitrogen and oxygen atoms in total. The Bertz CT molecular complexity index is 133. The van der Waals surface area contributed by atoms with E-state index in [0.717, 1.165) is 45.8 Å². The van der Waals surface area contributed by atoms with E-state index in [2.05, 4.69) is 9.80 Å². The van der Waals surface area contributed by atoms with Crippen molar-refractivity contribution in [1.29, 1.82) is 0 Å². The van der Waals surface area contributed by atoms with Crippen LogP contribution in [0.3, 0.4) is 0 Å². The van der Waals surface area contributed by atoms with Crippen molar-refractivity contribution in [2.24, 2.45) is 5.73 Å². The lowest BCUT2D eigenvalue weighted by Crippen LogP contribution is -2.49. The number of nitrogens with zero attached hydrogens (tertiary/aromatic N) is 2. The average Bonchev–Trinajstić information content (AvgIpc) is 2.08. The monoisotopic (exact) mass is 187 g/mol. The summed E-state index contributed by atoms with van der Waals surface area (Å²) >= 11 is 0. The molecule has 1 heterocycles. The molecule has 1 unspecified atom stereocenters. The summed E-state index contributed by atoms with van der Waals surface area (Å²) < 4.78 is 0. The van der Waals surface area contributed by atoms with Crippen LogP contribution < -0.4 is 5.73 Å². The molecule has 0 radical (unpaired) electrons. The Morgan fingerprint density at radius 2 is 1.77 bits per heavy atom. The Kier molecular flexibility index (Phi) is 4.66. The van der Waals surface area contributed by atoms with Gasteiger partial charge in [-0.1, -0.05) is 0 Å². The fraction of sp³-hybridized carbons (Fsp3) is 1.00. The van der Waals surface area contributed by atoms with E-state index in [1.165, 1.54) is 0 Å². The van der Waals surface area contributed by atoms with Gasteiger partial charge in [0.2, 0.25) is 0 Å². The first-order valence-corrected chi connectivity index (χ1v) is 5.05. The molecule has 0 spiro atoms. The van der Waals surface area contributed by atoms with Gasteiger partial charge >= 0.3 is 0 Å². The number of hydrogen-bond donors (Lipinski definition) is 2. The Balaban J connectivity index is 2.15. The zero-order valence-corrected chi connectivity index (χ0v) is 8.45. The quantitative estimate of drug-likeness (QED) is 0.589. The lowest BCUT2D eigenvalue weighted by atomic mass is 10.3. The van der Waals surface area contributed by atoms with Gasteiger partial charge in [0.15, 0.2) is 0 Å². The second kappa shape index (κ2) is 5.54. The minimum Gasteiger partial charge on any atom is -0.392 e. The molecule has 0 aliphatic carbocycles. The highest BCUT2D eigenvalue weighted by Gasteiger charge is 2.16. The topological polar surface area (TPSA) is 52.7 Å². The van der Waals surface area contributed by atoms with E-state index in [-0.39, 0.29) is 6.10 Å². The summed E-state index contributed by atoms with van der Waals surface area (Å²) in [6.07, 6.45) is -0.207. The second-order valence-electron chi connectivity index (χ2n) is 3.78. The smallest absolute Gasteiger partial charge is 0.0639 e. The molecule has 4 heteroatoms. The molecule has 0 aromatic rings. The van der Waals surface area contributed by atoms with Crippen LogP contribution in [0.15, 0.2) is 0 Å². The molecule has 78 valence electrons. The number of hydrogen-bond acceptors (Lipinski definition) is 4. The fourth-order valence-electron chi connectivity index (χ4n) is 1.75. The average molecular weight is 187 g/mol. The highest BCUT2D eigenvalue weighted by atomic mass is 16.3. The minimum atomic E-state index is -0.207. The zero-order valence-electron chi connectivity index (χ0n) is 8.45. The molecule has 1 atom stereocenters. The second-order valence-corrected chi connectivity index (χ2v) is 3.78. The van der Waals surface area contributed by atoms with E-state index in [1.54, 1.807) is 0 Å². The molecule has 0 amide bonds. The highest BCUT2D eigenvalue weighted by molar-refractivity contribution is 4.72. The van der Waals surface area contributed by atoms with Crippen molar-refractivity contribution >= 4 is 0 Å². The molecule has 1 aliphatic rings.